The molecule has 0 atom stereocenters. The fourth-order valence-corrected chi connectivity index (χ4v) is 4.06. The molecule has 31 heavy (non-hydrogen) atoms. The van der Waals surface area contributed by atoms with E-state index in [2.05, 4.69) is 28.7 Å². The van der Waals surface area contributed by atoms with E-state index < -0.39 is 0 Å². The summed E-state index contributed by atoms with van der Waals surface area (Å²) in [5.74, 6) is 0.403. The van der Waals surface area contributed by atoms with E-state index in [4.69, 9.17) is 5.10 Å². The Morgan fingerprint density at radius 2 is 2.26 bits per heavy atom. The van der Waals surface area contributed by atoms with Crippen LogP contribution in [0, 0.1) is 0 Å². The smallest absolute Gasteiger partial charge is 0.286 e. The minimum absolute atomic E-state index is 0.184. The number of amides is 1. The molecule has 0 unspecified atom stereocenters. The number of nitrogens with zero attached hydrogens (tertiary/aromatic N) is 4. The van der Waals surface area contributed by atoms with E-state index in [1.54, 1.807) is 28.9 Å². The van der Waals surface area contributed by atoms with Gasteiger partial charge in [0.1, 0.15) is 17.2 Å². The second kappa shape index (κ2) is 9.43. The fraction of sp³-hybridized carbons (Fsp3) is 0.304. The standard InChI is InChI=1S/C23H24FN5OS/c1-28-15-26-18(8-5-13-31-2)9-10-19(28)21-20(16-6-3-4-7-17(24)14-16)22-23(30)25-11-12-29(22)27-21/h3-5,7-8,10,14-15H,6,9,11-13H2,1-2H3/p+1. The molecule has 0 spiro atoms. The maximum atomic E-state index is 14.3. The predicted molar refractivity (Wildman–Crippen MR) is 125 cm³/mol. The van der Waals surface area contributed by atoms with Gasteiger partial charge in [-0.15, -0.1) is 0 Å². The summed E-state index contributed by atoms with van der Waals surface area (Å²) in [7, 11) is 1.91. The molecule has 2 aliphatic heterocycles. The normalized spacial score (nSPS) is 18.9. The molecular weight excluding hydrogens is 413 g/mol. The lowest BCUT2D eigenvalue weighted by atomic mass is 9.97. The first-order chi connectivity index (χ1) is 15.1. The summed E-state index contributed by atoms with van der Waals surface area (Å²) in [5, 5.41) is 7.69. The van der Waals surface area contributed by atoms with Gasteiger partial charge in [0, 0.05) is 24.3 Å². The Labute approximate surface area is 185 Å². The topological polar surface area (TPSA) is 62.3 Å². The molecule has 0 aromatic carbocycles. The number of allylic oxidation sites excluding steroid dienone is 8. The molecule has 0 fully saturated rings. The van der Waals surface area contributed by atoms with Crippen molar-refractivity contribution in [3.8, 4) is 0 Å². The maximum absolute atomic E-state index is 14.3. The van der Waals surface area contributed by atoms with Crippen molar-refractivity contribution in [3.63, 3.8) is 0 Å². The van der Waals surface area contributed by atoms with Crippen molar-refractivity contribution in [3.05, 3.63) is 65.3 Å². The van der Waals surface area contributed by atoms with Crippen LogP contribution in [0.2, 0.25) is 0 Å². The Kier molecular flexibility index (Phi) is 6.46. The highest BCUT2D eigenvalue weighted by molar-refractivity contribution is 7.98. The van der Waals surface area contributed by atoms with Crippen LogP contribution in [0.1, 0.15) is 34.6 Å². The minimum Gasteiger partial charge on any atom is -0.349 e. The summed E-state index contributed by atoms with van der Waals surface area (Å²) >= 11 is 1.75. The Balaban J connectivity index is 1.81. The summed E-state index contributed by atoms with van der Waals surface area (Å²) in [4.78, 5) is 17.3. The largest absolute Gasteiger partial charge is 0.349 e. The molecule has 8 heteroatoms. The molecule has 0 saturated carbocycles. The number of carbonyl (C=O) groups excluding carboxylic acids is 1. The zero-order valence-corrected chi connectivity index (χ0v) is 18.5. The monoisotopic (exact) mass is 438 g/mol. The van der Waals surface area contributed by atoms with Gasteiger partial charge in [0.15, 0.2) is 11.4 Å². The van der Waals surface area contributed by atoms with Crippen molar-refractivity contribution >= 4 is 41.0 Å². The van der Waals surface area contributed by atoms with Gasteiger partial charge in [-0.05, 0) is 42.6 Å². The van der Waals surface area contributed by atoms with E-state index in [9.17, 15) is 9.18 Å². The van der Waals surface area contributed by atoms with Crippen LogP contribution in [-0.2, 0) is 6.54 Å². The first kappa shape index (κ1) is 21.2. The molecule has 3 aliphatic rings. The first-order valence-corrected chi connectivity index (χ1v) is 11.6. The number of aliphatic imine (C=N–C) groups is 1. The predicted octanol–water partition coefficient (Wildman–Crippen LogP) is 3.60. The average Bonchev–Trinajstić information content (AvgIpc) is 2.86. The van der Waals surface area contributed by atoms with Crippen LogP contribution in [-0.4, -0.2) is 57.9 Å². The highest BCUT2D eigenvalue weighted by Gasteiger charge is 2.31. The summed E-state index contributed by atoms with van der Waals surface area (Å²) in [6, 6.07) is 0. The van der Waals surface area contributed by atoms with Crippen LogP contribution in [0.3, 0.4) is 0 Å². The third kappa shape index (κ3) is 4.54. The van der Waals surface area contributed by atoms with Crippen LogP contribution in [0.5, 0.6) is 0 Å². The van der Waals surface area contributed by atoms with Gasteiger partial charge >= 0.3 is 0 Å². The quantitative estimate of drug-likeness (QED) is 0.715. The number of nitrogens with one attached hydrogen (secondary N) is 1. The van der Waals surface area contributed by atoms with Crippen LogP contribution in [0.15, 0.2) is 53.4 Å². The average molecular weight is 439 g/mol. The van der Waals surface area contributed by atoms with Gasteiger partial charge in [0.2, 0.25) is 0 Å². The zero-order chi connectivity index (χ0) is 21.8. The summed E-state index contributed by atoms with van der Waals surface area (Å²) in [5.41, 5.74) is 4.36. The van der Waals surface area contributed by atoms with Crippen molar-refractivity contribution in [2.45, 2.75) is 19.4 Å². The molecular formula is C23H25FN5OS+. The summed E-state index contributed by atoms with van der Waals surface area (Å²) < 4.78 is 17.9. The van der Waals surface area contributed by atoms with Gasteiger partial charge in [-0.2, -0.15) is 16.9 Å². The Morgan fingerprint density at radius 1 is 1.39 bits per heavy atom. The number of fused-ring (bicyclic) bond motifs is 1. The van der Waals surface area contributed by atoms with Crippen molar-refractivity contribution < 1.29 is 13.8 Å². The maximum Gasteiger partial charge on any atom is 0.286 e. The van der Waals surface area contributed by atoms with E-state index in [0.717, 1.165) is 22.7 Å². The van der Waals surface area contributed by atoms with Crippen molar-refractivity contribution in [1.82, 2.24) is 15.1 Å². The number of carbonyl (C=O) groups is 1. The summed E-state index contributed by atoms with van der Waals surface area (Å²) in [6.07, 6.45) is 17.7. The lowest BCUT2D eigenvalue weighted by Gasteiger charge is -2.16. The molecule has 1 N–H and O–H groups in total. The fourth-order valence-electron chi connectivity index (χ4n) is 3.78. The number of hydrogen-bond donors (Lipinski definition) is 1. The number of halogens is 1. The number of hydrogen-bond acceptors (Lipinski definition) is 4. The van der Waals surface area contributed by atoms with Gasteiger partial charge < -0.3 is 5.32 Å². The lowest BCUT2D eigenvalue weighted by molar-refractivity contribution is -0.391. The number of rotatable bonds is 5. The van der Waals surface area contributed by atoms with Gasteiger partial charge in [-0.25, -0.2) is 8.97 Å². The van der Waals surface area contributed by atoms with Crippen LogP contribution in [0.4, 0.5) is 4.39 Å². The zero-order valence-electron chi connectivity index (χ0n) is 17.6. The number of thioether (sulfide) groups is 1. The third-order valence-corrected chi connectivity index (χ3v) is 5.76. The molecule has 6 nitrogen and oxygen atoms in total. The molecule has 160 valence electrons. The first-order valence-electron chi connectivity index (χ1n) is 10.2. The highest BCUT2D eigenvalue weighted by Crippen LogP contribution is 2.34. The molecule has 1 aromatic heterocycles. The molecule has 3 heterocycles. The molecule has 0 saturated heterocycles. The minimum atomic E-state index is -0.342. The highest BCUT2D eigenvalue weighted by atomic mass is 32.2. The molecule has 1 aliphatic carbocycles. The second-order valence-electron chi connectivity index (χ2n) is 7.40. The van der Waals surface area contributed by atoms with Gasteiger partial charge in [-0.1, -0.05) is 23.2 Å². The lowest BCUT2D eigenvalue weighted by Crippen LogP contribution is -2.36. The SMILES string of the molecule is CSCC=CC1=NC=[N+](C)C(c2nn3c(c2C2=CC(F)=CC=CC2)C(=O)NCC3)=CC1. The summed E-state index contributed by atoms with van der Waals surface area (Å²) in [6.45, 7) is 1.10. The van der Waals surface area contributed by atoms with Gasteiger partial charge in [0.05, 0.1) is 13.6 Å². The van der Waals surface area contributed by atoms with Crippen molar-refractivity contribution in [1.29, 1.82) is 0 Å². The van der Waals surface area contributed by atoms with E-state index >= 15 is 0 Å². The van der Waals surface area contributed by atoms with Gasteiger partial charge in [-0.3, -0.25) is 9.48 Å². The van der Waals surface area contributed by atoms with Crippen molar-refractivity contribution in [2.24, 2.45) is 4.99 Å². The van der Waals surface area contributed by atoms with Crippen LogP contribution in [0.25, 0.3) is 11.3 Å². The van der Waals surface area contributed by atoms with Crippen LogP contribution >= 0.6 is 11.8 Å². The molecule has 1 amide bonds. The molecule has 0 radical (unpaired) electrons. The molecule has 1 aromatic rings. The van der Waals surface area contributed by atoms with Crippen LogP contribution < -0.4 is 5.32 Å². The van der Waals surface area contributed by atoms with E-state index in [1.165, 1.54) is 12.2 Å². The van der Waals surface area contributed by atoms with E-state index in [-0.39, 0.29) is 11.7 Å². The Hall–Kier alpha value is -3.00. The van der Waals surface area contributed by atoms with E-state index in [1.807, 2.05) is 23.8 Å². The van der Waals surface area contributed by atoms with E-state index in [0.29, 0.717) is 42.9 Å². The number of aromatic nitrogens is 2. The Bertz CT molecular complexity index is 1120. The van der Waals surface area contributed by atoms with Crippen molar-refractivity contribution in [2.75, 3.05) is 25.6 Å². The third-order valence-electron chi connectivity index (χ3n) is 5.24. The second-order valence-corrected chi connectivity index (χ2v) is 8.31. The Morgan fingerprint density at radius 3 is 3.10 bits per heavy atom. The van der Waals surface area contributed by atoms with Gasteiger partial charge in [0.25, 0.3) is 12.2 Å². The molecule has 0 bridgehead atoms. The molecule has 4 rings (SSSR count).